The average molecular weight is 310 g/mol. The molecule has 0 aliphatic carbocycles. The maximum atomic E-state index is 14.2. The number of hydrogen-bond donors (Lipinski definition) is 1. The van der Waals surface area contributed by atoms with Gasteiger partial charge < -0.3 is 5.32 Å². The van der Waals surface area contributed by atoms with Crippen molar-refractivity contribution < 1.29 is 8.78 Å². The van der Waals surface area contributed by atoms with E-state index in [9.17, 15) is 8.78 Å². The molecule has 0 amide bonds. The van der Waals surface area contributed by atoms with Gasteiger partial charge in [0.15, 0.2) is 0 Å². The van der Waals surface area contributed by atoms with E-state index < -0.39 is 11.9 Å². The predicted molar refractivity (Wildman–Crippen MR) is 82.7 cm³/mol. The summed E-state index contributed by atoms with van der Waals surface area (Å²) in [5, 5.41) is 3.63. The molecular weight excluding hydrogens is 292 g/mol. The van der Waals surface area contributed by atoms with Crippen molar-refractivity contribution in [1.29, 1.82) is 0 Å². The van der Waals surface area contributed by atoms with Crippen LogP contribution in [-0.2, 0) is 0 Å². The molecule has 0 aliphatic heterocycles. The van der Waals surface area contributed by atoms with Gasteiger partial charge in [-0.15, -0.1) is 0 Å². The van der Waals surface area contributed by atoms with Crippen molar-refractivity contribution in [2.75, 3.05) is 6.54 Å². The van der Waals surface area contributed by atoms with E-state index in [1.807, 2.05) is 13.8 Å². The van der Waals surface area contributed by atoms with Gasteiger partial charge in [0.25, 0.3) is 0 Å². The topological polar surface area (TPSA) is 12.0 Å². The highest BCUT2D eigenvalue weighted by Gasteiger charge is 2.21. The summed E-state index contributed by atoms with van der Waals surface area (Å²) in [6.45, 7) is 4.54. The molecule has 0 aliphatic rings. The molecule has 0 saturated carbocycles. The van der Waals surface area contributed by atoms with E-state index in [0.717, 1.165) is 12.0 Å². The number of benzene rings is 2. The average Bonchev–Trinajstić information content (AvgIpc) is 2.46. The summed E-state index contributed by atoms with van der Waals surface area (Å²) < 4.78 is 28.3. The van der Waals surface area contributed by atoms with Crippen LogP contribution in [0, 0.1) is 18.6 Å². The van der Waals surface area contributed by atoms with Gasteiger partial charge in [-0.3, -0.25) is 0 Å². The first kappa shape index (κ1) is 15.9. The van der Waals surface area contributed by atoms with E-state index in [1.165, 1.54) is 18.2 Å². The van der Waals surface area contributed by atoms with Gasteiger partial charge in [0.1, 0.15) is 11.6 Å². The number of hydrogen-bond acceptors (Lipinski definition) is 1. The first-order chi connectivity index (χ1) is 10.0. The minimum atomic E-state index is -0.552. The molecule has 21 heavy (non-hydrogen) atoms. The Morgan fingerprint density at radius 3 is 2.33 bits per heavy atom. The summed E-state index contributed by atoms with van der Waals surface area (Å²) in [5.74, 6) is -0.748. The van der Waals surface area contributed by atoms with Crippen molar-refractivity contribution in [2.45, 2.75) is 26.3 Å². The summed E-state index contributed by atoms with van der Waals surface area (Å²) in [6, 6.07) is 8.64. The lowest BCUT2D eigenvalue weighted by Crippen LogP contribution is -2.25. The van der Waals surface area contributed by atoms with Crippen molar-refractivity contribution in [2.24, 2.45) is 0 Å². The van der Waals surface area contributed by atoms with E-state index in [-0.39, 0.29) is 5.82 Å². The van der Waals surface area contributed by atoms with Crippen LogP contribution in [0.1, 0.15) is 36.1 Å². The fourth-order valence-electron chi connectivity index (χ4n) is 2.30. The van der Waals surface area contributed by atoms with Gasteiger partial charge in [-0.05, 0) is 44.2 Å². The lowest BCUT2D eigenvalue weighted by atomic mass is 9.96. The standard InChI is InChI=1S/C17H18ClF2N/c1-3-8-21-17(13-9-11(2)4-6-15(13)19)14-10-12(18)5-7-16(14)20/h4-7,9-10,17,21H,3,8H2,1-2H3. The summed E-state index contributed by atoms with van der Waals surface area (Å²) >= 11 is 5.97. The van der Waals surface area contributed by atoms with Gasteiger partial charge in [-0.1, -0.05) is 36.2 Å². The molecule has 0 fully saturated rings. The fourth-order valence-corrected chi connectivity index (χ4v) is 2.48. The zero-order chi connectivity index (χ0) is 15.4. The molecule has 0 saturated heterocycles. The molecule has 0 aromatic heterocycles. The minimum Gasteiger partial charge on any atom is -0.306 e. The third-order valence-electron chi connectivity index (χ3n) is 3.33. The second kappa shape index (κ2) is 7.01. The molecule has 1 N–H and O–H groups in total. The quantitative estimate of drug-likeness (QED) is 0.818. The number of aryl methyl sites for hydroxylation is 1. The molecule has 0 bridgehead atoms. The van der Waals surface area contributed by atoms with Crippen molar-refractivity contribution in [3.63, 3.8) is 0 Å². The van der Waals surface area contributed by atoms with Crippen LogP contribution in [0.4, 0.5) is 8.78 Å². The Bertz CT molecular complexity index is 577. The Kier molecular flexibility index (Phi) is 5.32. The van der Waals surface area contributed by atoms with Gasteiger partial charge in [0.05, 0.1) is 6.04 Å². The van der Waals surface area contributed by atoms with E-state index in [2.05, 4.69) is 5.32 Å². The molecule has 2 rings (SSSR count). The molecule has 2 aromatic carbocycles. The van der Waals surface area contributed by atoms with Crippen LogP contribution >= 0.6 is 11.6 Å². The molecule has 4 heteroatoms. The molecule has 1 unspecified atom stereocenters. The Labute approximate surface area is 128 Å². The predicted octanol–water partition coefficient (Wildman–Crippen LogP) is 5.02. The van der Waals surface area contributed by atoms with E-state index in [0.29, 0.717) is 22.7 Å². The number of nitrogens with one attached hydrogen (secondary N) is 1. The van der Waals surface area contributed by atoms with Crippen LogP contribution in [0.2, 0.25) is 5.02 Å². The lowest BCUT2D eigenvalue weighted by Gasteiger charge is -2.21. The van der Waals surface area contributed by atoms with Crippen LogP contribution in [0.3, 0.4) is 0 Å². The molecule has 2 aromatic rings. The van der Waals surface area contributed by atoms with Gasteiger partial charge in [0.2, 0.25) is 0 Å². The van der Waals surface area contributed by atoms with E-state index in [4.69, 9.17) is 11.6 Å². The summed E-state index contributed by atoms with van der Waals surface area (Å²) in [5.41, 5.74) is 1.72. The largest absolute Gasteiger partial charge is 0.306 e. The van der Waals surface area contributed by atoms with Crippen LogP contribution < -0.4 is 5.32 Å². The molecule has 0 radical (unpaired) electrons. The van der Waals surface area contributed by atoms with Gasteiger partial charge >= 0.3 is 0 Å². The molecule has 0 heterocycles. The SMILES string of the molecule is CCCNC(c1cc(C)ccc1F)c1cc(Cl)ccc1F. The zero-order valence-electron chi connectivity index (χ0n) is 12.1. The summed E-state index contributed by atoms with van der Waals surface area (Å²) in [4.78, 5) is 0. The molecule has 0 spiro atoms. The minimum absolute atomic E-state index is 0.353. The van der Waals surface area contributed by atoms with Gasteiger partial charge in [0, 0.05) is 16.1 Å². The van der Waals surface area contributed by atoms with Crippen molar-refractivity contribution >= 4 is 11.6 Å². The smallest absolute Gasteiger partial charge is 0.128 e. The molecule has 112 valence electrons. The fraction of sp³-hybridized carbons (Fsp3) is 0.294. The van der Waals surface area contributed by atoms with E-state index >= 15 is 0 Å². The second-order valence-corrected chi connectivity index (χ2v) is 5.51. The maximum Gasteiger partial charge on any atom is 0.128 e. The van der Waals surface area contributed by atoms with Gasteiger partial charge in [-0.2, -0.15) is 0 Å². The highest BCUT2D eigenvalue weighted by Crippen LogP contribution is 2.29. The van der Waals surface area contributed by atoms with Crippen LogP contribution in [0.5, 0.6) is 0 Å². The highest BCUT2D eigenvalue weighted by atomic mass is 35.5. The first-order valence-electron chi connectivity index (χ1n) is 6.97. The normalized spacial score (nSPS) is 12.4. The van der Waals surface area contributed by atoms with Crippen molar-refractivity contribution in [1.82, 2.24) is 5.32 Å². The Balaban J connectivity index is 2.52. The third-order valence-corrected chi connectivity index (χ3v) is 3.57. The third kappa shape index (κ3) is 3.80. The van der Waals surface area contributed by atoms with E-state index in [1.54, 1.807) is 18.2 Å². The molecule has 1 atom stereocenters. The monoisotopic (exact) mass is 309 g/mol. The maximum absolute atomic E-state index is 14.2. The van der Waals surface area contributed by atoms with Crippen LogP contribution in [-0.4, -0.2) is 6.54 Å². The van der Waals surface area contributed by atoms with Crippen molar-refractivity contribution in [3.8, 4) is 0 Å². The number of rotatable bonds is 5. The van der Waals surface area contributed by atoms with Crippen LogP contribution in [0.25, 0.3) is 0 Å². The molecule has 1 nitrogen and oxygen atoms in total. The Morgan fingerprint density at radius 1 is 1.05 bits per heavy atom. The Hall–Kier alpha value is -1.45. The first-order valence-corrected chi connectivity index (χ1v) is 7.35. The molecular formula is C17H18ClF2N. The second-order valence-electron chi connectivity index (χ2n) is 5.08. The number of halogens is 3. The van der Waals surface area contributed by atoms with Gasteiger partial charge in [-0.25, -0.2) is 8.78 Å². The highest BCUT2D eigenvalue weighted by molar-refractivity contribution is 6.30. The summed E-state index contributed by atoms with van der Waals surface area (Å²) in [6.07, 6.45) is 0.867. The lowest BCUT2D eigenvalue weighted by molar-refractivity contribution is 0.520. The Morgan fingerprint density at radius 2 is 1.67 bits per heavy atom. The van der Waals surface area contributed by atoms with Crippen molar-refractivity contribution in [3.05, 3.63) is 69.7 Å². The summed E-state index contributed by atoms with van der Waals surface area (Å²) in [7, 11) is 0. The van der Waals surface area contributed by atoms with Crippen LogP contribution in [0.15, 0.2) is 36.4 Å². The zero-order valence-corrected chi connectivity index (χ0v) is 12.8.